The zero-order valence-electron chi connectivity index (χ0n) is 10.5. The van der Waals surface area contributed by atoms with Gasteiger partial charge in [-0.1, -0.05) is 20.3 Å². The van der Waals surface area contributed by atoms with Crippen molar-refractivity contribution in [3.05, 3.63) is 0 Å². The van der Waals surface area contributed by atoms with Crippen molar-refractivity contribution >= 4 is 0 Å². The molecule has 0 saturated carbocycles. The van der Waals surface area contributed by atoms with Crippen LogP contribution in [0.25, 0.3) is 0 Å². The van der Waals surface area contributed by atoms with Crippen LogP contribution >= 0.6 is 0 Å². The molecule has 2 aliphatic rings. The van der Waals surface area contributed by atoms with Gasteiger partial charge in [-0.3, -0.25) is 0 Å². The molecule has 15 heavy (non-hydrogen) atoms. The molecule has 0 aromatic rings. The zero-order valence-corrected chi connectivity index (χ0v) is 10.5. The highest BCUT2D eigenvalue weighted by atomic mass is 14.9. The average Bonchev–Trinajstić information content (AvgIpc) is 2.32. The van der Waals surface area contributed by atoms with Crippen LogP contribution in [0.1, 0.15) is 52.4 Å². The van der Waals surface area contributed by atoms with Gasteiger partial charge in [-0.15, -0.1) is 0 Å². The second-order valence-electron chi connectivity index (χ2n) is 4.99. The Labute approximate surface area is 95.2 Å². The van der Waals surface area contributed by atoms with Crippen molar-refractivity contribution in [3.8, 4) is 0 Å². The normalized spacial score (nSPS) is 28.0. The van der Waals surface area contributed by atoms with Crippen molar-refractivity contribution in [2.75, 3.05) is 19.6 Å². The van der Waals surface area contributed by atoms with E-state index in [4.69, 9.17) is 0 Å². The van der Waals surface area contributed by atoms with Crippen molar-refractivity contribution in [2.45, 2.75) is 58.4 Å². The summed E-state index contributed by atoms with van der Waals surface area (Å²) in [6, 6.07) is 0.837. The fourth-order valence-electron chi connectivity index (χ4n) is 2.24. The number of hydrogen-bond donors (Lipinski definition) is 2. The topological polar surface area (TPSA) is 24.1 Å². The molecule has 0 amide bonds. The Morgan fingerprint density at radius 1 is 1.00 bits per heavy atom. The molecule has 0 aromatic heterocycles. The first-order valence-corrected chi connectivity index (χ1v) is 6.77. The lowest BCUT2D eigenvalue weighted by Gasteiger charge is -2.21. The third-order valence-electron chi connectivity index (χ3n) is 3.53. The van der Waals surface area contributed by atoms with Crippen molar-refractivity contribution in [1.29, 1.82) is 0 Å². The molecule has 2 heteroatoms. The Morgan fingerprint density at radius 2 is 1.73 bits per heavy atom. The van der Waals surface area contributed by atoms with Crippen LogP contribution in [0.15, 0.2) is 0 Å². The van der Waals surface area contributed by atoms with E-state index in [1.165, 1.54) is 58.2 Å². The maximum Gasteiger partial charge on any atom is 0.00644 e. The van der Waals surface area contributed by atoms with E-state index in [-0.39, 0.29) is 0 Å². The van der Waals surface area contributed by atoms with Crippen LogP contribution in [0.5, 0.6) is 0 Å². The second-order valence-corrected chi connectivity index (χ2v) is 4.99. The van der Waals surface area contributed by atoms with Crippen LogP contribution < -0.4 is 10.6 Å². The number of rotatable bonds is 1. The molecule has 0 radical (unpaired) electrons. The molecule has 0 aromatic carbocycles. The Hall–Kier alpha value is -0.0800. The summed E-state index contributed by atoms with van der Waals surface area (Å²) in [6.07, 6.45) is 8.28. The van der Waals surface area contributed by atoms with E-state index in [1.807, 2.05) is 0 Å². The minimum absolute atomic E-state index is 0.837. The highest BCUT2D eigenvalue weighted by molar-refractivity contribution is 4.69. The summed E-state index contributed by atoms with van der Waals surface area (Å²) in [5.41, 5.74) is 0. The molecule has 90 valence electrons. The lowest BCUT2D eigenvalue weighted by molar-refractivity contribution is 0.393. The van der Waals surface area contributed by atoms with Gasteiger partial charge in [-0.2, -0.15) is 0 Å². The van der Waals surface area contributed by atoms with E-state index in [1.54, 1.807) is 0 Å². The molecule has 2 rings (SSSR count). The fraction of sp³-hybridized carbons (Fsp3) is 1.00. The molecular weight excluding hydrogens is 184 g/mol. The monoisotopic (exact) mass is 212 g/mol. The largest absolute Gasteiger partial charge is 0.317 e. The number of piperidine rings is 2. The Kier molecular flexibility index (Phi) is 7.03. The molecule has 1 atom stereocenters. The standard InChI is InChI=1S/C7H15N.C6H13N/c1-2-7-5-3-4-6-8-7;1-6-2-4-7-5-3-6/h7-8H,2-6H2,1H3;6-7H,2-5H2,1H3. The van der Waals surface area contributed by atoms with Gasteiger partial charge in [0.15, 0.2) is 0 Å². The van der Waals surface area contributed by atoms with Gasteiger partial charge in [0.05, 0.1) is 0 Å². The van der Waals surface area contributed by atoms with Gasteiger partial charge in [0.1, 0.15) is 0 Å². The van der Waals surface area contributed by atoms with Crippen LogP contribution in [0.4, 0.5) is 0 Å². The third kappa shape index (κ3) is 6.16. The smallest absolute Gasteiger partial charge is 0.00644 e. The third-order valence-corrected chi connectivity index (χ3v) is 3.53. The molecule has 2 N–H and O–H groups in total. The predicted molar refractivity (Wildman–Crippen MR) is 67.2 cm³/mol. The van der Waals surface area contributed by atoms with Gasteiger partial charge in [0.2, 0.25) is 0 Å². The summed E-state index contributed by atoms with van der Waals surface area (Å²) in [7, 11) is 0. The molecule has 1 unspecified atom stereocenters. The quantitative estimate of drug-likeness (QED) is 0.698. The molecule has 2 heterocycles. The van der Waals surface area contributed by atoms with Gasteiger partial charge in [0, 0.05) is 6.04 Å². The van der Waals surface area contributed by atoms with Gasteiger partial charge < -0.3 is 10.6 Å². The average molecular weight is 212 g/mol. The first-order chi connectivity index (χ1) is 7.33. The summed E-state index contributed by atoms with van der Waals surface area (Å²) >= 11 is 0. The van der Waals surface area contributed by atoms with E-state index in [2.05, 4.69) is 24.5 Å². The van der Waals surface area contributed by atoms with E-state index in [0.29, 0.717) is 0 Å². The van der Waals surface area contributed by atoms with Crippen LogP contribution in [-0.2, 0) is 0 Å². The molecule has 2 nitrogen and oxygen atoms in total. The van der Waals surface area contributed by atoms with E-state index >= 15 is 0 Å². The van der Waals surface area contributed by atoms with Crippen molar-refractivity contribution < 1.29 is 0 Å². The van der Waals surface area contributed by atoms with Crippen molar-refractivity contribution in [2.24, 2.45) is 5.92 Å². The number of nitrogens with one attached hydrogen (secondary N) is 2. The lowest BCUT2D eigenvalue weighted by Crippen LogP contribution is -2.32. The first-order valence-electron chi connectivity index (χ1n) is 6.77. The van der Waals surface area contributed by atoms with E-state index in [0.717, 1.165) is 12.0 Å². The highest BCUT2D eigenvalue weighted by Gasteiger charge is 2.08. The molecule has 2 saturated heterocycles. The van der Waals surface area contributed by atoms with Gasteiger partial charge in [-0.25, -0.2) is 0 Å². The Balaban J connectivity index is 0.000000151. The van der Waals surface area contributed by atoms with Crippen LogP contribution in [-0.4, -0.2) is 25.7 Å². The molecule has 2 aliphatic heterocycles. The second kappa shape index (κ2) is 8.12. The zero-order chi connectivity index (χ0) is 10.9. The van der Waals surface area contributed by atoms with E-state index < -0.39 is 0 Å². The summed E-state index contributed by atoms with van der Waals surface area (Å²) in [5, 5.41) is 6.78. The number of hydrogen-bond acceptors (Lipinski definition) is 2. The lowest BCUT2D eigenvalue weighted by atomic mass is 10.0. The Morgan fingerprint density at radius 3 is 2.07 bits per heavy atom. The molecule has 2 fully saturated rings. The van der Waals surface area contributed by atoms with Crippen LogP contribution in [0.2, 0.25) is 0 Å². The molecule has 0 bridgehead atoms. The molecule has 0 spiro atoms. The minimum atomic E-state index is 0.837. The SMILES string of the molecule is CC1CCNCC1.CCC1CCCCN1. The van der Waals surface area contributed by atoms with E-state index in [9.17, 15) is 0 Å². The Bertz CT molecular complexity index is 135. The van der Waals surface area contributed by atoms with Crippen LogP contribution in [0, 0.1) is 5.92 Å². The molecular formula is C13H28N2. The summed E-state index contributed by atoms with van der Waals surface area (Å²) in [4.78, 5) is 0. The predicted octanol–water partition coefficient (Wildman–Crippen LogP) is 2.54. The van der Waals surface area contributed by atoms with Gasteiger partial charge in [0.25, 0.3) is 0 Å². The van der Waals surface area contributed by atoms with Crippen molar-refractivity contribution in [1.82, 2.24) is 10.6 Å². The maximum absolute atomic E-state index is 3.47. The fourth-order valence-corrected chi connectivity index (χ4v) is 2.24. The highest BCUT2D eigenvalue weighted by Crippen LogP contribution is 2.08. The minimum Gasteiger partial charge on any atom is -0.317 e. The first kappa shape index (κ1) is 13.0. The van der Waals surface area contributed by atoms with Crippen molar-refractivity contribution in [3.63, 3.8) is 0 Å². The summed E-state index contributed by atoms with van der Waals surface area (Å²) < 4.78 is 0. The molecule has 0 aliphatic carbocycles. The van der Waals surface area contributed by atoms with Gasteiger partial charge >= 0.3 is 0 Å². The maximum atomic E-state index is 3.47. The summed E-state index contributed by atoms with van der Waals surface area (Å²) in [6.45, 7) is 8.30. The summed E-state index contributed by atoms with van der Waals surface area (Å²) in [5.74, 6) is 0.973. The van der Waals surface area contributed by atoms with Crippen LogP contribution in [0.3, 0.4) is 0 Å². The van der Waals surface area contributed by atoms with Gasteiger partial charge in [-0.05, 0) is 57.7 Å².